The van der Waals surface area contributed by atoms with Crippen molar-refractivity contribution in [1.29, 1.82) is 0 Å². The molecule has 0 aliphatic heterocycles. The number of amides is 2. The van der Waals surface area contributed by atoms with Gasteiger partial charge in [-0.15, -0.1) is 0 Å². The summed E-state index contributed by atoms with van der Waals surface area (Å²) in [7, 11) is 0. The van der Waals surface area contributed by atoms with Crippen molar-refractivity contribution in [2.75, 3.05) is 13.1 Å². The summed E-state index contributed by atoms with van der Waals surface area (Å²) in [5.41, 5.74) is -0.0734. The third-order valence-electron chi connectivity index (χ3n) is 1.99. The van der Waals surface area contributed by atoms with Crippen LogP contribution in [0.15, 0.2) is 18.2 Å². The molecule has 0 radical (unpaired) electrons. The number of rotatable bonds is 4. The van der Waals surface area contributed by atoms with Crippen molar-refractivity contribution >= 4 is 11.8 Å². The van der Waals surface area contributed by atoms with Gasteiger partial charge in [0.2, 0.25) is 5.91 Å². The van der Waals surface area contributed by atoms with Crippen molar-refractivity contribution in [3.05, 3.63) is 29.6 Å². The molecule has 0 saturated heterocycles. The average molecular weight is 240 g/mol. The van der Waals surface area contributed by atoms with Crippen molar-refractivity contribution in [3.63, 3.8) is 0 Å². The van der Waals surface area contributed by atoms with E-state index in [9.17, 15) is 19.1 Å². The van der Waals surface area contributed by atoms with Crippen LogP contribution < -0.4 is 10.6 Å². The smallest absolute Gasteiger partial charge is 0.255 e. The van der Waals surface area contributed by atoms with E-state index in [2.05, 4.69) is 10.6 Å². The van der Waals surface area contributed by atoms with Gasteiger partial charge in [0.15, 0.2) is 0 Å². The van der Waals surface area contributed by atoms with Gasteiger partial charge < -0.3 is 15.7 Å². The van der Waals surface area contributed by atoms with Crippen molar-refractivity contribution in [2.24, 2.45) is 0 Å². The molecule has 0 bridgehead atoms. The zero-order chi connectivity index (χ0) is 12.8. The van der Waals surface area contributed by atoms with Crippen LogP contribution in [0.25, 0.3) is 0 Å². The molecular weight excluding hydrogens is 227 g/mol. The largest absolute Gasteiger partial charge is 0.507 e. The van der Waals surface area contributed by atoms with Crippen LogP contribution in [0.3, 0.4) is 0 Å². The number of nitrogens with one attached hydrogen (secondary N) is 2. The van der Waals surface area contributed by atoms with E-state index in [1.54, 1.807) is 6.92 Å². The number of benzene rings is 1. The van der Waals surface area contributed by atoms with Gasteiger partial charge in [-0.3, -0.25) is 9.59 Å². The van der Waals surface area contributed by atoms with Gasteiger partial charge in [0, 0.05) is 12.6 Å². The summed E-state index contributed by atoms with van der Waals surface area (Å²) in [6, 6.07) is 3.04. The molecule has 0 fully saturated rings. The Morgan fingerprint density at radius 1 is 1.35 bits per heavy atom. The number of halogens is 1. The van der Waals surface area contributed by atoms with Crippen LogP contribution in [0.2, 0.25) is 0 Å². The molecule has 0 aliphatic rings. The lowest BCUT2D eigenvalue weighted by atomic mass is 10.2. The topological polar surface area (TPSA) is 78.4 Å². The highest BCUT2D eigenvalue weighted by Crippen LogP contribution is 2.17. The number of likely N-dealkylation sites (N-methyl/N-ethyl adjacent to an activating group) is 1. The third-order valence-corrected chi connectivity index (χ3v) is 1.99. The Morgan fingerprint density at radius 3 is 2.65 bits per heavy atom. The quantitative estimate of drug-likeness (QED) is 0.712. The van der Waals surface area contributed by atoms with Crippen LogP contribution in [0, 0.1) is 5.82 Å². The Morgan fingerprint density at radius 2 is 2.06 bits per heavy atom. The first-order valence-corrected chi connectivity index (χ1v) is 5.08. The molecule has 0 atom stereocenters. The highest BCUT2D eigenvalue weighted by molar-refractivity contribution is 5.98. The third kappa shape index (κ3) is 3.75. The Bertz CT molecular complexity index is 435. The molecule has 0 unspecified atom stereocenters. The fraction of sp³-hybridized carbons (Fsp3) is 0.273. The van der Waals surface area contributed by atoms with E-state index < -0.39 is 17.5 Å². The number of hydrogen-bond donors (Lipinski definition) is 3. The Balaban J connectivity index is 2.61. The number of carbonyl (C=O) groups is 2. The van der Waals surface area contributed by atoms with Crippen molar-refractivity contribution in [2.45, 2.75) is 6.92 Å². The molecule has 17 heavy (non-hydrogen) atoms. The van der Waals surface area contributed by atoms with Gasteiger partial charge in [-0.2, -0.15) is 0 Å². The van der Waals surface area contributed by atoms with Crippen LogP contribution in [0.5, 0.6) is 5.75 Å². The maximum absolute atomic E-state index is 12.7. The maximum Gasteiger partial charge on any atom is 0.255 e. The van der Waals surface area contributed by atoms with Gasteiger partial charge in [-0.25, -0.2) is 4.39 Å². The first-order valence-electron chi connectivity index (χ1n) is 5.08. The molecule has 0 saturated carbocycles. The van der Waals surface area contributed by atoms with Gasteiger partial charge in [0.05, 0.1) is 12.1 Å². The molecule has 1 rings (SSSR count). The first-order chi connectivity index (χ1) is 8.04. The maximum atomic E-state index is 12.7. The van der Waals surface area contributed by atoms with Crippen LogP contribution in [-0.4, -0.2) is 30.0 Å². The molecule has 0 aliphatic carbocycles. The summed E-state index contributed by atoms with van der Waals surface area (Å²) < 4.78 is 12.7. The summed E-state index contributed by atoms with van der Waals surface area (Å²) in [5, 5.41) is 14.1. The van der Waals surface area contributed by atoms with E-state index in [1.165, 1.54) is 0 Å². The Labute approximate surface area is 97.6 Å². The lowest BCUT2D eigenvalue weighted by Crippen LogP contribution is -2.36. The summed E-state index contributed by atoms with van der Waals surface area (Å²) in [5.74, 6) is -2.06. The molecule has 2 amide bonds. The predicted octanol–water partition coefficient (Wildman–Crippen LogP) is 0.397. The number of phenols is 1. The van der Waals surface area contributed by atoms with Crippen molar-refractivity contribution < 1.29 is 19.1 Å². The highest BCUT2D eigenvalue weighted by atomic mass is 19.1. The molecule has 0 aromatic heterocycles. The molecule has 0 heterocycles. The normalized spacial score (nSPS) is 9.76. The summed E-state index contributed by atoms with van der Waals surface area (Å²) in [6.45, 7) is 2.03. The number of phenolic OH excluding ortho intramolecular Hbond substituents is 1. The lowest BCUT2D eigenvalue weighted by molar-refractivity contribution is -0.120. The summed E-state index contributed by atoms with van der Waals surface area (Å²) >= 11 is 0. The Hall–Kier alpha value is -2.11. The zero-order valence-corrected chi connectivity index (χ0v) is 9.29. The Kier molecular flexibility index (Phi) is 4.45. The van der Waals surface area contributed by atoms with E-state index in [0.717, 1.165) is 18.2 Å². The average Bonchev–Trinajstić information content (AvgIpc) is 2.26. The second-order valence-corrected chi connectivity index (χ2v) is 3.30. The minimum absolute atomic E-state index is 0.0734. The number of aromatic hydroxyl groups is 1. The minimum atomic E-state index is -0.636. The predicted molar refractivity (Wildman–Crippen MR) is 59.1 cm³/mol. The fourth-order valence-electron chi connectivity index (χ4n) is 1.21. The van der Waals surface area contributed by atoms with Crippen LogP contribution in [0.4, 0.5) is 4.39 Å². The van der Waals surface area contributed by atoms with Gasteiger partial charge >= 0.3 is 0 Å². The van der Waals surface area contributed by atoms with E-state index in [4.69, 9.17) is 0 Å². The first kappa shape index (κ1) is 13.0. The minimum Gasteiger partial charge on any atom is -0.507 e. The van der Waals surface area contributed by atoms with E-state index in [-0.39, 0.29) is 18.0 Å². The monoisotopic (exact) mass is 240 g/mol. The van der Waals surface area contributed by atoms with Gasteiger partial charge in [0.1, 0.15) is 11.6 Å². The molecule has 5 nitrogen and oxygen atoms in total. The van der Waals surface area contributed by atoms with E-state index in [0.29, 0.717) is 6.54 Å². The number of hydrogen-bond acceptors (Lipinski definition) is 3. The molecule has 92 valence electrons. The van der Waals surface area contributed by atoms with Crippen LogP contribution >= 0.6 is 0 Å². The standard InChI is InChI=1S/C11H13FN2O3/c1-2-13-10(16)6-14-11(17)8-4-3-7(12)5-9(8)15/h3-5,15H,2,6H2,1H3,(H,13,16)(H,14,17). The molecular formula is C11H13FN2O3. The van der Waals surface area contributed by atoms with E-state index >= 15 is 0 Å². The summed E-state index contributed by atoms with van der Waals surface area (Å²) in [6.07, 6.45) is 0. The summed E-state index contributed by atoms with van der Waals surface area (Å²) in [4.78, 5) is 22.6. The van der Waals surface area contributed by atoms with Crippen molar-refractivity contribution in [3.8, 4) is 5.75 Å². The molecule has 1 aromatic rings. The van der Waals surface area contributed by atoms with Crippen molar-refractivity contribution in [1.82, 2.24) is 10.6 Å². The van der Waals surface area contributed by atoms with Gasteiger partial charge in [0.25, 0.3) is 5.91 Å². The van der Waals surface area contributed by atoms with Crippen LogP contribution in [0.1, 0.15) is 17.3 Å². The molecule has 0 spiro atoms. The SMILES string of the molecule is CCNC(=O)CNC(=O)c1ccc(F)cc1O. The highest BCUT2D eigenvalue weighted by Gasteiger charge is 2.12. The molecule has 6 heteroatoms. The second-order valence-electron chi connectivity index (χ2n) is 3.30. The molecule has 3 N–H and O–H groups in total. The van der Waals surface area contributed by atoms with Gasteiger partial charge in [-0.05, 0) is 19.1 Å². The lowest BCUT2D eigenvalue weighted by Gasteiger charge is -2.06. The van der Waals surface area contributed by atoms with E-state index in [1.807, 2.05) is 0 Å². The van der Waals surface area contributed by atoms with Crippen LogP contribution in [-0.2, 0) is 4.79 Å². The number of carbonyl (C=O) groups excluding carboxylic acids is 2. The zero-order valence-electron chi connectivity index (χ0n) is 9.29. The molecule has 1 aromatic carbocycles. The second kappa shape index (κ2) is 5.83. The fourth-order valence-corrected chi connectivity index (χ4v) is 1.21. The van der Waals surface area contributed by atoms with Gasteiger partial charge in [-0.1, -0.05) is 0 Å².